The Bertz CT molecular complexity index is 112. The van der Waals surface area contributed by atoms with E-state index < -0.39 is 24.1 Å². The Hall–Kier alpha value is -0.660. The average molecular weight is 153 g/mol. The van der Waals surface area contributed by atoms with Crippen LogP contribution in [0.5, 0.6) is 0 Å². The first-order chi connectivity index (χ1) is 4.13. The molecule has 0 aliphatic carbocycles. The monoisotopic (exact) mass is 153 g/mol. The van der Waals surface area contributed by atoms with Gasteiger partial charge in [-0.25, -0.2) is 9.52 Å². The lowest BCUT2D eigenvalue weighted by Crippen LogP contribution is -2.25. The summed E-state index contributed by atoms with van der Waals surface area (Å²) in [7, 11) is 0. The summed E-state index contributed by atoms with van der Waals surface area (Å²) in [5.74, 6) is 0. The lowest BCUT2D eigenvalue weighted by atomic mass is 11.2. The molecule has 0 fully saturated rings. The Kier molecular flexibility index (Phi) is 3.93. The number of primary amides is 1. The van der Waals surface area contributed by atoms with Crippen molar-refractivity contribution in [2.24, 2.45) is 5.73 Å². The molecular formula is C2H5N2O4S-. The van der Waals surface area contributed by atoms with Gasteiger partial charge in [0.05, 0.1) is 0 Å². The van der Waals surface area contributed by atoms with Crippen molar-refractivity contribution in [3.8, 4) is 0 Å². The van der Waals surface area contributed by atoms with Crippen molar-refractivity contribution in [3.05, 3.63) is 0 Å². The van der Waals surface area contributed by atoms with Crippen molar-refractivity contribution in [1.82, 2.24) is 4.72 Å². The molecule has 9 heavy (non-hydrogen) atoms. The molecule has 0 aliphatic heterocycles. The molecule has 0 bridgehead atoms. The van der Waals surface area contributed by atoms with Gasteiger partial charge in [0.15, 0.2) is 6.73 Å². The van der Waals surface area contributed by atoms with Crippen molar-refractivity contribution >= 4 is 17.4 Å². The first-order valence-corrected chi connectivity index (χ1v) is 2.95. The van der Waals surface area contributed by atoms with Crippen LogP contribution in [-0.4, -0.2) is 21.6 Å². The second-order valence-electron chi connectivity index (χ2n) is 0.987. The fraction of sp³-hybridized carbons (Fsp3) is 0.500. The number of hydrogen-bond donors (Lipinski definition) is 2. The molecule has 6 nitrogen and oxygen atoms in total. The zero-order valence-electron chi connectivity index (χ0n) is 4.33. The summed E-state index contributed by atoms with van der Waals surface area (Å²) in [4.78, 5) is 9.74. The van der Waals surface area contributed by atoms with Crippen LogP contribution in [0, 0.1) is 0 Å². The minimum absolute atomic E-state index is 0.425. The summed E-state index contributed by atoms with van der Waals surface area (Å²) in [6, 6.07) is 0. The molecule has 3 N–H and O–H groups in total. The maximum Gasteiger partial charge on any atom is 0.405 e. The number of nitrogens with one attached hydrogen (secondary N) is 1. The van der Waals surface area contributed by atoms with E-state index in [1.165, 1.54) is 0 Å². The summed E-state index contributed by atoms with van der Waals surface area (Å²) >= 11 is -2.41. The highest BCUT2D eigenvalue weighted by molar-refractivity contribution is 7.77. The normalized spacial score (nSPS) is 12.6. The number of ether oxygens (including phenoxy) is 1. The number of carbonyl (C=O) groups is 1. The lowest BCUT2D eigenvalue weighted by Gasteiger charge is -2.05. The van der Waals surface area contributed by atoms with Crippen LogP contribution in [0.4, 0.5) is 4.79 Å². The number of rotatable bonds is 3. The minimum atomic E-state index is -2.41. The van der Waals surface area contributed by atoms with E-state index >= 15 is 0 Å². The molecule has 0 rings (SSSR count). The fourth-order valence-corrected chi connectivity index (χ4v) is 0.304. The van der Waals surface area contributed by atoms with Gasteiger partial charge in [0, 0.05) is 11.3 Å². The second-order valence-corrected chi connectivity index (χ2v) is 1.74. The number of carbonyl (C=O) groups excluding carboxylic acids is 1. The van der Waals surface area contributed by atoms with E-state index in [1.807, 2.05) is 0 Å². The predicted molar refractivity (Wildman–Crippen MR) is 27.6 cm³/mol. The van der Waals surface area contributed by atoms with E-state index in [1.54, 1.807) is 4.72 Å². The fourth-order valence-electron chi connectivity index (χ4n) is 0.149. The van der Waals surface area contributed by atoms with Crippen LogP contribution in [0.2, 0.25) is 0 Å². The van der Waals surface area contributed by atoms with Gasteiger partial charge in [-0.3, -0.25) is 4.21 Å². The Labute approximate surface area is 53.8 Å². The van der Waals surface area contributed by atoms with E-state index in [2.05, 4.69) is 10.5 Å². The topological polar surface area (TPSA) is 104 Å². The van der Waals surface area contributed by atoms with Crippen LogP contribution in [0.1, 0.15) is 0 Å². The maximum atomic E-state index is 9.74. The van der Waals surface area contributed by atoms with Gasteiger partial charge in [0.25, 0.3) is 0 Å². The molecular weight excluding hydrogens is 148 g/mol. The third-order valence-corrected chi connectivity index (χ3v) is 0.745. The Morgan fingerprint density at radius 3 is 2.78 bits per heavy atom. The molecule has 0 aromatic heterocycles. The highest BCUT2D eigenvalue weighted by atomic mass is 32.2. The Balaban J connectivity index is 3.10. The molecule has 0 aromatic carbocycles. The number of amides is 1. The van der Waals surface area contributed by atoms with Gasteiger partial charge in [-0.15, -0.1) is 0 Å². The van der Waals surface area contributed by atoms with Gasteiger partial charge in [-0.05, 0) is 0 Å². The Morgan fingerprint density at radius 1 is 1.89 bits per heavy atom. The van der Waals surface area contributed by atoms with E-state index in [-0.39, 0.29) is 0 Å². The van der Waals surface area contributed by atoms with E-state index in [0.717, 1.165) is 0 Å². The van der Waals surface area contributed by atoms with Gasteiger partial charge in [0.1, 0.15) is 0 Å². The maximum absolute atomic E-state index is 9.74. The molecule has 0 saturated heterocycles. The van der Waals surface area contributed by atoms with Crippen LogP contribution < -0.4 is 10.5 Å². The van der Waals surface area contributed by atoms with Crippen molar-refractivity contribution in [2.45, 2.75) is 0 Å². The summed E-state index contributed by atoms with van der Waals surface area (Å²) in [6.45, 7) is -0.425. The summed E-state index contributed by atoms with van der Waals surface area (Å²) in [5.41, 5.74) is 4.48. The third-order valence-electron chi connectivity index (χ3n) is 0.391. The first-order valence-electron chi connectivity index (χ1n) is 1.88. The molecule has 1 unspecified atom stereocenters. The van der Waals surface area contributed by atoms with E-state index in [4.69, 9.17) is 0 Å². The van der Waals surface area contributed by atoms with Gasteiger partial charge in [-0.1, -0.05) is 0 Å². The molecule has 1 atom stereocenters. The highest BCUT2D eigenvalue weighted by Gasteiger charge is 1.89. The molecule has 0 radical (unpaired) electrons. The van der Waals surface area contributed by atoms with Crippen molar-refractivity contribution in [2.75, 3.05) is 6.73 Å². The first kappa shape index (κ1) is 8.34. The number of hydrogen-bond acceptors (Lipinski definition) is 4. The van der Waals surface area contributed by atoms with Crippen molar-refractivity contribution < 1.29 is 18.3 Å². The molecule has 0 heterocycles. The van der Waals surface area contributed by atoms with Crippen LogP contribution in [-0.2, 0) is 16.0 Å². The van der Waals surface area contributed by atoms with Crippen LogP contribution in [0.3, 0.4) is 0 Å². The van der Waals surface area contributed by atoms with Gasteiger partial charge < -0.3 is 15.0 Å². The second kappa shape index (κ2) is 4.24. The summed E-state index contributed by atoms with van der Waals surface area (Å²) < 4.78 is 25.0. The van der Waals surface area contributed by atoms with Crippen molar-refractivity contribution in [1.29, 1.82) is 0 Å². The molecule has 1 amide bonds. The Morgan fingerprint density at radius 2 is 2.44 bits per heavy atom. The van der Waals surface area contributed by atoms with Crippen molar-refractivity contribution in [3.63, 3.8) is 0 Å². The smallest absolute Gasteiger partial charge is 0.405 e. The minimum Gasteiger partial charge on any atom is -0.760 e. The highest BCUT2D eigenvalue weighted by Crippen LogP contribution is 1.68. The number of nitrogens with two attached hydrogens (primary N) is 1. The summed E-state index contributed by atoms with van der Waals surface area (Å²) in [6.07, 6.45) is -1.02. The molecule has 0 aliphatic rings. The van der Waals surface area contributed by atoms with E-state index in [0.29, 0.717) is 0 Å². The largest absolute Gasteiger partial charge is 0.760 e. The summed E-state index contributed by atoms with van der Waals surface area (Å²) in [5, 5.41) is 0. The molecule has 0 aromatic rings. The standard InChI is InChI=1S/C2H6N2O4S/c3-2(5)8-1-4-9(6)7/h4H,1H2,(H2,3,5)(H,6,7)/p-1. The predicted octanol–water partition coefficient (Wildman–Crippen LogP) is -1.58. The molecule has 0 saturated carbocycles. The molecule has 7 heteroatoms. The zero-order chi connectivity index (χ0) is 7.28. The van der Waals surface area contributed by atoms with Gasteiger partial charge in [0.2, 0.25) is 0 Å². The zero-order valence-corrected chi connectivity index (χ0v) is 5.14. The van der Waals surface area contributed by atoms with Crippen LogP contribution >= 0.6 is 0 Å². The van der Waals surface area contributed by atoms with Gasteiger partial charge >= 0.3 is 6.09 Å². The van der Waals surface area contributed by atoms with Crippen LogP contribution in [0.25, 0.3) is 0 Å². The lowest BCUT2D eigenvalue weighted by molar-refractivity contribution is 0.155. The quantitative estimate of drug-likeness (QED) is 0.377. The average Bonchev–Trinajstić information content (AvgIpc) is 1.63. The van der Waals surface area contributed by atoms with Crippen LogP contribution in [0.15, 0.2) is 0 Å². The SMILES string of the molecule is NC(=O)OCNS(=O)[O-]. The van der Waals surface area contributed by atoms with Gasteiger partial charge in [-0.2, -0.15) is 0 Å². The van der Waals surface area contributed by atoms with E-state index in [9.17, 15) is 13.6 Å². The molecule has 0 spiro atoms. The molecule has 54 valence electrons. The third kappa shape index (κ3) is 7.34.